The van der Waals surface area contributed by atoms with Crippen LogP contribution in [0.1, 0.15) is 30.9 Å². The van der Waals surface area contributed by atoms with Gasteiger partial charge >= 0.3 is 5.97 Å². The van der Waals surface area contributed by atoms with Crippen LogP contribution in [0.5, 0.6) is 0 Å². The monoisotopic (exact) mass is 259 g/mol. The molecule has 0 aromatic heterocycles. The zero-order valence-corrected chi connectivity index (χ0v) is 10.7. The Morgan fingerprint density at radius 2 is 2.26 bits per heavy atom. The third-order valence-corrected chi connectivity index (χ3v) is 3.16. The largest absolute Gasteiger partial charge is 0.462 e. The first-order valence-electron chi connectivity index (χ1n) is 6.26. The van der Waals surface area contributed by atoms with Crippen molar-refractivity contribution < 1.29 is 13.9 Å². The molecule has 0 unspecified atom stereocenters. The van der Waals surface area contributed by atoms with Gasteiger partial charge in [-0.2, -0.15) is 5.26 Å². The minimum absolute atomic E-state index is 0.0365. The summed E-state index contributed by atoms with van der Waals surface area (Å²) >= 11 is 0. The maximum absolute atomic E-state index is 13.2. The van der Waals surface area contributed by atoms with Gasteiger partial charge in [-0.15, -0.1) is 0 Å². The number of carbonyl (C=O) groups excluding carboxylic acids is 1. The molecule has 0 radical (unpaired) electrons. The molecule has 1 aromatic carbocycles. The molecule has 0 heterocycles. The van der Waals surface area contributed by atoms with Crippen molar-refractivity contribution in [2.24, 2.45) is 0 Å². The number of benzene rings is 1. The van der Waals surface area contributed by atoms with E-state index in [4.69, 9.17) is 4.74 Å². The van der Waals surface area contributed by atoms with E-state index in [1.54, 1.807) is 13.0 Å². The molecule has 0 bridgehead atoms. The van der Waals surface area contributed by atoms with Crippen LogP contribution in [-0.4, -0.2) is 12.6 Å². The molecule has 19 heavy (non-hydrogen) atoms. The summed E-state index contributed by atoms with van der Waals surface area (Å²) in [5, 5.41) is 9.17. The van der Waals surface area contributed by atoms with Crippen molar-refractivity contribution in [3.63, 3.8) is 0 Å². The molecule has 0 spiro atoms. The smallest absolute Gasteiger partial charge is 0.349 e. The van der Waals surface area contributed by atoms with Crippen LogP contribution in [0.2, 0.25) is 0 Å². The highest BCUT2D eigenvalue weighted by Crippen LogP contribution is 2.33. The van der Waals surface area contributed by atoms with E-state index in [-0.39, 0.29) is 18.0 Å². The van der Waals surface area contributed by atoms with Crippen LogP contribution in [0.4, 0.5) is 4.39 Å². The van der Waals surface area contributed by atoms with E-state index in [9.17, 15) is 14.4 Å². The second-order valence-electron chi connectivity index (χ2n) is 4.34. The molecule has 0 atom stereocenters. The number of hydrogen-bond acceptors (Lipinski definition) is 3. The van der Waals surface area contributed by atoms with Gasteiger partial charge in [-0.25, -0.2) is 9.18 Å². The molecule has 4 heteroatoms. The van der Waals surface area contributed by atoms with Crippen molar-refractivity contribution in [2.75, 3.05) is 6.61 Å². The second-order valence-corrected chi connectivity index (χ2v) is 4.34. The summed E-state index contributed by atoms with van der Waals surface area (Å²) in [5.41, 5.74) is 2.34. The van der Waals surface area contributed by atoms with Crippen LogP contribution < -0.4 is 0 Å². The lowest BCUT2D eigenvalue weighted by Crippen LogP contribution is -2.12. The summed E-state index contributed by atoms with van der Waals surface area (Å²) in [7, 11) is 0. The van der Waals surface area contributed by atoms with E-state index in [1.165, 1.54) is 12.1 Å². The Balaban J connectivity index is 2.52. The van der Waals surface area contributed by atoms with Crippen LogP contribution in [0.15, 0.2) is 23.8 Å². The minimum Gasteiger partial charge on any atom is -0.462 e. The number of ether oxygens (including phenoxy) is 1. The molecule has 1 aliphatic rings. The molecule has 0 saturated carbocycles. The normalized spacial score (nSPS) is 16.3. The van der Waals surface area contributed by atoms with Crippen molar-refractivity contribution in [1.29, 1.82) is 5.26 Å². The molecule has 0 N–H and O–H groups in total. The lowest BCUT2D eigenvalue weighted by Gasteiger charge is -2.20. The fourth-order valence-corrected chi connectivity index (χ4v) is 2.35. The van der Waals surface area contributed by atoms with Crippen molar-refractivity contribution in [3.8, 4) is 6.07 Å². The van der Waals surface area contributed by atoms with Crippen LogP contribution >= 0.6 is 0 Å². The zero-order valence-electron chi connectivity index (χ0n) is 10.7. The molecule has 98 valence electrons. The van der Waals surface area contributed by atoms with E-state index < -0.39 is 5.97 Å². The molecular formula is C15H14FNO2. The molecule has 0 amide bonds. The lowest BCUT2D eigenvalue weighted by molar-refractivity contribution is -0.137. The highest BCUT2D eigenvalue weighted by molar-refractivity contribution is 6.02. The van der Waals surface area contributed by atoms with Gasteiger partial charge in [0.1, 0.15) is 17.5 Å². The van der Waals surface area contributed by atoms with E-state index in [1.807, 2.05) is 6.07 Å². The predicted octanol–water partition coefficient (Wildman–Crippen LogP) is 3.00. The number of aryl methyl sites for hydroxylation is 1. The van der Waals surface area contributed by atoms with Crippen LogP contribution in [0.3, 0.4) is 0 Å². The minimum atomic E-state index is -0.600. The highest BCUT2D eigenvalue weighted by atomic mass is 19.1. The highest BCUT2D eigenvalue weighted by Gasteiger charge is 2.22. The summed E-state index contributed by atoms with van der Waals surface area (Å²) in [6.07, 6.45) is 2.20. The average Bonchev–Trinajstić information content (AvgIpc) is 2.39. The van der Waals surface area contributed by atoms with Crippen LogP contribution in [0.25, 0.3) is 5.57 Å². The molecule has 0 saturated heterocycles. The number of carbonyl (C=O) groups is 1. The van der Waals surface area contributed by atoms with Gasteiger partial charge in [-0.05, 0) is 55.0 Å². The quantitative estimate of drug-likeness (QED) is 0.466. The van der Waals surface area contributed by atoms with Gasteiger partial charge in [0.05, 0.1) is 6.61 Å². The average molecular weight is 259 g/mol. The number of hydrogen-bond donors (Lipinski definition) is 0. The summed E-state index contributed by atoms with van der Waals surface area (Å²) < 4.78 is 18.1. The second kappa shape index (κ2) is 5.66. The van der Waals surface area contributed by atoms with Crippen molar-refractivity contribution >= 4 is 11.5 Å². The molecule has 1 aliphatic carbocycles. The Labute approximate surface area is 111 Å². The number of rotatable bonds is 2. The topological polar surface area (TPSA) is 50.1 Å². The fourth-order valence-electron chi connectivity index (χ4n) is 2.35. The summed E-state index contributed by atoms with van der Waals surface area (Å²) in [6.45, 7) is 1.93. The third-order valence-electron chi connectivity index (χ3n) is 3.16. The van der Waals surface area contributed by atoms with Crippen molar-refractivity contribution in [1.82, 2.24) is 0 Å². The van der Waals surface area contributed by atoms with Crippen LogP contribution in [0, 0.1) is 17.1 Å². The predicted molar refractivity (Wildman–Crippen MR) is 68.5 cm³/mol. The van der Waals surface area contributed by atoms with Crippen LogP contribution in [-0.2, 0) is 16.0 Å². The number of nitriles is 1. The summed E-state index contributed by atoms with van der Waals surface area (Å²) in [5.74, 6) is -0.896. The van der Waals surface area contributed by atoms with Gasteiger partial charge < -0.3 is 4.74 Å². The lowest BCUT2D eigenvalue weighted by atomic mass is 9.85. The summed E-state index contributed by atoms with van der Waals surface area (Å²) in [4.78, 5) is 11.8. The number of allylic oxidation sites excluding steroid dienone is 1. The Hall–Kier alpha value is -2.15. The van der Waals surface area contributed by atoms with E-state index >= 15 is 0 Å². The molecule has 0 fully saturated rings. The van der Waals surface area contributed by atoms with Gasteiger partial charge in [0.2, 0.25) is 0 Å². The number of nitrogens with zero attached hydrogens (tertiary/aromatic N) is 1. The first-order valence-corrected chi connectivity index (χ1v) is 6.26. The molecule has 0 aliphatic heterocycles. The number of fused-ring (bicyclic) bond motifs is 1. The molecule has 3 nitrogen and oxygen atoms in total. The molecule has 2 rings (SSSR count). The van der Waals surface area contributed by atoms with Gasteiger partial charge in [0.25, 0.3) is 0 Å². The Morgan fingerprint density at radius 1 is 1.47 bits per heavy atom. The maximum Gasteiger partial charge on any atom is 0.349 e. The third kappa shape index (κ3) is 2.65. The summed E-state index contributed by atoms with van der Waals surface area (Å²) in [6, 6.07) is 6.38. The Kier molecular flexibility index (Phi) is 3.96. The molecule has 1 aromatic rings. The van der Waals surface area contributed by atoms with Crippen molar-refractivity contribution in [3.05, 3.63) is 40.7 Å². The number of halogens is 1. The van der Waals surface area contributed by atoms with E-state index in [0.717, 1.165) is 24.0 Å². The van der Waals surface area contributed by atoms with E-state index in [2.05, 4.69) is 0 Å². The maximum atomic E-state index is 13.2. The number of esters is 1. The van der Waals surface area contributed by atoms with Gasteiger partial charge in [0.15, 0.2) is 0 Å². The van der Waals surface area contributed by atoms with E-state index in [0.29, 0.717) is 12.0 Å². The fraction of sp³-hybridized carbons (Fsp3) is 0.333. The Bertz CT molecular complexity index is 584. The Morgan fingerprint density at radius 3 is 2.95 bits per heavy atom. The first kappa shape index (κ1) is 13.3. The van der Waals surface area contributed by atoms with Gasteiger partial charge in [-0.1, -0.05) is 6.07 Å². The standard InChI is InChI=1S/C15H14FNO2/c1-2-19-15(18)14(9-17)13-5-3-4-10-8-11(16)6-7-12(10)13/h6-8H,2-5H2,1H3/b14-13-. The van der Waals surface area contributed by atoms with Crippen molar-refractivity contribution in [2.45, 2.75) is 26.2 Å². The zero-order chi connectivity index (χ0) is 13.8. The first-order chi connectivity index (χ1) is 9.17. The SMILES string of the molecule is CCOC(=O)/C(C#N)=C1/CCCc2cc(F)ccc21. The van der Waals surface area contributed by atoms with Gasteiger partial charge in [0, 0.05) is 0 Å². The van der Waals surface area contributed by atoms with Gasteiger partial charge in [-0.3, -0.25) is 0 Å². The molecular weight excluding hydrogens is 245 g/mol.